The zero-order valence-corrected chi connectivity index (χ0v) is 15.8. The lowest BCUT2D eigenvalue weighted by atomic mass is 9.84. The maximum absolute atomic E-state index is 12.6. The van der Waals surface area contributed by atoms with Gasteiger partial charge >= 0.3 is 0 Å². The molecule has 142 valence electrons. The molecule has 0 bridgehead atoms. The number of carbonyl (C=O) groups excluding carboxylic acids is 1. The molecule has 5 heteroatoms. The molecule has 0 radical (unpaired) electrons. The van der Waals surface area contributed by atoms with E-state index in [-0.39, 0.29) is 17.6 Å². The van der Waals surface area contributed by atoms with Crippen LogP contribution in [0.5, 0.6) is 0 Å². The van der Waals surface area contributed by atoms with Gasteiger partial charge in [0.25, 0.3) is 0 Å². The van der Waals surface area contributed by atoms with Crippen molar-refractivity contribution in [2.75, 3.05) is 19.7 Å². The molecule has 0 N–H and O–H groups in total. The maximum Gasteiger partial charge on any atom is 0.227 e. The number of pyridine rings is 1. The predicted octanol–water partition coefficient (Wildman–Crippen LogP) is 2.91. The predicted molar refractivity (Wildman–Crippen MR) is 102 cm³/mol. The summed E-state index contributed by atoms with van der Waals surface area (Å²) in [5.41, 5.74) is 3.18. The number of hydrogen-bond acceptors (Lipinski definition) is 4. The summed E-state index contributed by atoms with van der Waals surface area (Å²) >= 11 is 0. The van der Waals surface area contributed by atoms with Crippen LogP contribution in [0.25, 0.3) is 0 Å². The fraction of sp³-hybridized carbons (Fsp3) is 0.455. The smallest absolute Gasteiger partial charge is 0.227 e. The lowest BCUT2D eigenvalue weighted by molar-refractivity contribution is -0.202. The van der Waals surface area contributed by atoms with E-state index in [0.717, 1.165) is 24.0 Å². The summed E-state index contributed by atoms with van der Waals surface area (Å²) in [6.45, 7) is 4.69. The van der Waals surface area contributed by atoms with Gasteiger partial charge in [0.05, 0.1) is 32.2 Å². The SMILES string of the molecule is Cc1ccccc1CC(=O)N1CC2(CC(OCc3ccncc3)CCO2)C1. The number of hydrogen-bond donors (Lipinski definition) is 0. The molecule has 1 aromatic carbocycles. The number of ether oxygens (including phenoxy) is 2. The third-order valence-corrected chi connectivity index (χ3v) is 5.60. The molecular formula is C22H26N2O3. The monoisotopic (exact) mass is 366 g/mol. The number of likely N-dealkylation sites (tertiary alicyclic amines) is 1. The lowest BCUT2D eigenvalue weighted by Crippen LogP contribution is -2.67. The molecule has 0 aliphatic carbocycles. The van der Waals surface area contributed by atoms with Crippen LogP contribution in [-0.4, -0.2) is 47.2 Å². The van der Waals surface area contributed by atoms with Crippen LogP contribution in [0.1, 0.15) is 29.5 Å². The van der Waals surface area contributed by atoms with Gasteiger partial charge in [0.1, 0.15) is 5.60 Å². The van der Waals surface area contributed by atoms with Crippen molar-refractivity contribution >= 4 is 5.91 Å². The number of amides is 1. The van der Waals surface area contributed by atoms with Gasteiger partial charge in [0.15, 0.2) is 0 Å². The molecular weight excluding hydrogens is 340 g/mol. The summed E-state index contributed by atoms with van der Waals surface area (Å²) in [7, 11) is 0. The summed E-state index contributed by atoms with van der Waals surface area (Å²) in [6.07, 6.45) is 5.98. The Morgan fingerprint density at radius 2 is 2.04 bits per heavy atom. The Balaban J connectivity index is 1.28. The number of aromatic nitrogens is 1. The van der Waals surface area contributed by atoms with Gasteiger partial charge in [0, 0.05) is 25.4 Å². The summed E-state index contributed by atoms with van der Waals surface area (Å²) in [6, 6.07) is 12.0. The summed E-state index contributed by atoms with van der Waals surface area (Å²) in [4.78, 5) is 18.5. The first-order valence-electron chi connectivity index (χ1n) is 9.60. The summed E-state index contributed by atoms with van der Waals surface area (Å²) in [5, 5.41) is 0. The maximum atomic E-state index is 12.6. The molecule has 2 fully saturated rings. The van der Waals surface area contributed by atoms with Crippen LogP contribution in [0.4, 0.5) is 0 Å². The number of benzene rings is 1. The highest BCUT2D eigenvalue weighted by molar-refractivity contribution is 5.80. The van der Waals surface area contributed by atoms with Gasteiger partial charge in [-0.1, -0.05) is 24.3 Å². The van der Waals surface area contributed by atoms with E-state index in [1.807, 2.05) is 35.2 Å². The summed E-state index contributed by atoms with van der Waals surface area (Å²) < 4.78 is 12.2. The largest absolute Gasteiger partial charge is 0.373 e. The van der Waals surface area contributed by atoms with Crippen LogP contribution in [0.2, 0.25) is 0 Å². The number of carbonyl (C=O) groups is 1. The topological polar surface area (TPSA) is 51.7 Å². The summed E-state index contributed by atoms with van der Waals surface area (Å²) in [5.74, 6) is 0.179. The van der Waals surface area contributed by atoms with Crippen molar-refractivity contribution < 1.29 is 14.3 Å². The number of nitrogens with zero attached hydrogens (tertiary/aromatic N) is 2. The van der Waals surface area contributed by atoms with Gasteiger partial charge in [0.2, 0.25) is 5.91 Å². The normalized spacial score (nSPS) is 21.1. The standard InChI is InChI=1S/C22H26N2O3/c1-17-4-2-3-5-19(17)12-21(25)24-15-22(16-24)13-20(8-11-27-22)26-14-18-6-9-23-10-7-18/h2-7,9-10,20H,8,11-16H2,1H3. The van der Waals surface area contributed by atoms with Gasteiger partial charge in [-0.2, -0.15) is 0 Å². The van der Waals surface area contributed by atoms with Crippen molar-refractivity contribution in [2.24, 2.45) is 0 Å². The van der Waals surface area contributed by atoms with Crippen molar-refractivity contribution in [3.8, 4) is 0 Å². The molecule has 0 saturated carbocycles. The minimum atomic E-state index is -0.220. The molecule has 1 aromatic heterocycles. The minimum absolute atomic E-state index is 0.179. The Morgan fingerprint density at radius 3 is 2.81 bits per heavy atom. The van der Waals surface area contributed by atoms with Gasteiger partial charge in [-0.05, 0) is 42.2 Å². The molecule has 1 atom stereocenters. The Kier molecular flexibility index (Phi) is 5.23. The van der Waals surface area contributed by atoms with Crippen LogP contribution in [-0.2, 0) is 27.3 Å². The molecule has 1 spiro atoms. The molecule has 3 heterocycles. The first-order chi connectivity index (χ1) is 13.1. The second-order valence-corrected chi connectivity index (χ2v) is 7.67. The zero-order chi connectivity index (χ0) is 18.7. The molecule has 2 saturated heterocycles. The van der Waals surface area contributed by atoms with E-state index in [2.05, 4.69) is 18.0 Å². The molecule has 2 aliphatic rings. The van der Waals surface area contributed by atoms with Crippen molar-refractivity contribution in [3.63, 3.8) is 0 Å². The molecule has 1 unspecified atom stereocenters. The van der Waals surface area contributed by atoms with Gasteiger partial charge in [-0.15, -0.1) is 0 Å². The van der Waals surface area contributed by atoms with E-state index in [4.69, 9.17) is 9.47 Å². The first-order valence-corrected chi connectivity index (χ1v) is 9.60. The third kappa shape index (κ3) is 4.20. The van der Waals surface area contributed by atoms with Crippen molar-refractivity contribution in [2.45, 2.75) is 44.5 Å². The fourth-order valence-electron chi connectivity index (χ4n) is 3.95. The second-order valence-electron chi connectivity index (χ2n) is 7.67. The Morgan fingerprint density at radius 1 is 1.26 bits per heavy atom. The lowest BCUT2D eigenvalue weighted by Gasteiger charge is -2.53. The molecule has 5 nitrogen and oxygen atoms in total. The first kappa shape index (κ1) is 18.1. The number of aryl methyl sites for hydroxylation is 1. The van der Waals surface area contributed by atoms with E-state index < -0.39 is 0 Å². The van der Waals surface area contributed by atoms with Crippen molar-refractivity contribution in [1.82, 2.24) is 9.88 Å². The molecule has 4 rings (SSSR count). The van der Waals surface area contributed by atoms with Crippen molar-refractivity contribution in [3.05, 3.63) is 65.5 Å². The minimum Gasteiger partial charge on any atom is -0.373 e. The van der Waals surface area contributed by atoms with E-state index in [1.54, 1.807) is 12.4 Å². The average molecular weight is 366 g/mol. The third-order valence-electron chi connectivity index (χ3n) is 5.60. The quantitative estimate of drug-likeness (QED) is 0.816. The highest BCUT2D eigenvalue weighted by atomic mass is 16.5. The molecule has 1 amide bonds. The molecule has 27 heavy (non-hydrogen) atoms. The zero-order valence-electron chi connectivity index (χ0n) is 15.8. The van der Waals surface area contributed by atoms with Gasteiger partial charge in [-0.3, -0.25) is 9.78 Å². The second kappa shape index (κ2) is 7.79. The van der Waals surface area contributed by atoms with Crippen LogP contribution in [0, 0.1) is 6.92 Å². The van der Waals surface area contributed by atoms with E-state index in [0.29, 0.717) is 32.7 Å². The highest BCUT2D eigenvalue weighted by Crippen LogP contribution is 2.36. The van der Waals surface area contributed by atoms with Gasteiger partial charge < -0.3 is 14.4 Å². The van der Waals surface area contributed by atoms with Crippen LogP contribution < -0.4 is 0 Å². The van der Waals surface area contributed by atoms with Crippen LogP contribution in [0.3, 0.4) is 0 Å². The molecule has 2 aliphatic heterocycles. The van der Waals surface area contributed by atoms with E-state index in [1.165, 1.54) is 5.56 Å². The highest BCUT2D eigenvalue weighted by Gasteiger charge is 2.49. The van der Waals surface area contributed by atoms with Crippen LogP contribution >= 0.6 is 0 Å². The van der Waals surface area contributed by atoms with Crippen molar-refractivity contribution in [1.29, 1.82) is 0 Å². The molecule has 2 aromatic rings. The Hall–Kier alpha value is -2.24. The number of rotatable bonds is 5. The van der Waals surface area contributed by atoms with E-state index >= 15 is 0 Å². The van der Waals surface area contributed by atoms with Gasteiger partial charge in [-0.25, -0.2) is 0 Å². The average Bonchev–Trinajstić information content (AvgIpc) is 2.67. The Labute approximate surface area is 160 Å². The van der Waals surface area contributed by atoms with Crippen LogP contribution in [0.15, 0.2) is 48.8 Å². The fourth-order valence-corrected chi connectivity index (χ4v) is 3.95. The Bertz CT molecular complexity index is 787. The van der Waals surface area contributed by atoms with E-state index in [9.17, 15) is 4.79 Å².